The van der Waals surface area contributed by atoms with Crippen LogP contribution in [0, 0.1) is 0 Å². The number of esters is 2. The van der Waals surface area contributed by atoms with Gasteiger partial charge in [0.1, 0.15) is 0 Å². The van der Waals surface area contributed by atoms with Crippen LogP contribution in [0.15, 0.2) is 0 Å². The highest BCUT2D eigenvalue weighted by Crippen LogP contribution is 2.20. The molecule has 2 aliphatic rings. The SMILES string of the molecule is CCC(=O)OC(=O)C(N1CCCC1)N1CCCC1. The van der Waals surface area contributed by atoms with E-state index in [9.17, 15) is 9.59 Å². The maximum absolute atomic E-state index is 12.2. The predicted octanol–water partition coefficient (Wildman–Crippen LogP) is 0.984. The van der Waals surface area contributed by atoms with Gasteiger partial charge in [-0.2, -0.15) is 0 Å². The number of likely N-dealkylation sites (tertiary alicyclic amines) is 2. The van der Waals surface area contributed by atoms with Crippen LogP contribution in [-0.4, -0.2) is 54.1 Å². The van der Waals surface area contributed by atoms with E-state index in [1.807, 2.05) is 0 Å². The number of rotatable bonds is 4. The van der Waals surface area contributed by atoms with Crippen molar-refractivity contribution in [2.75, 3.05) is 26.2 Å². The molecule has 0 bridgehead atoms. The van der Waals surface area contributed by atoms with E-state index in [0.29, 0.717) is 0 Å². The Kier molecular flexibility index (Phi) is 4.72. The van der Waals surface area contributed by atoms with Crippen LogP contribution in [0.3, 0.4) is 0 Å². The molecule has 0 atom stereocenters. The molecule has 0 unspecified atom stereocenters. The number of carbonyl (C=O) groups excluding carboxylic acids is 2. The first kappa shape index (κ1) is 13.5. The first-order valence-corrected chi connectivity index (χ1v) is 6.95. The Morgan fingerprint density at radius 2 is 1.44 bits per heavy atom. The highest BCUT2D eigenvalue weighted by Gasteiger charge is 2.36. The summed E-state index contributed by atoms with van der Waals surface area (Å²) in [6, 6.07) is 0. The molecule has 2 saturated heterocycles. The zero-order valence-electron chi connectivity index (χ0n) is 11.1. The van der Waals surface area contributed by atoms with Gasteiger partial charge in [-0.1, -0.05) is 6.92 Å². The van der Waals surface area contributed by atoms with Crippen molar-refractivity contribution in [2.24, 2.45) is 0 Å². The summed E-state index contributed by atoms with van der Waals surface area (Å²) < 4.78 is 4.93. The van der Waals surface area contributed by atoms with E-state index in [1.165, 1.54) is 0 Å². The lowest BCUT2D eigenvalue weighted by Crippen LogP contribution is -2.52. The zero-order chi connectivity index (χ0) is 13.0. The van der Waals surface area contributed by atoms with Crippen molar-refractivity contribution in [3.8, 4) is 0 Å². The summed E-state index contributed by atoms with van der Waals surface area (Å²) in [4.78, 5) is 27.7. The number of hydrogen-bond acceptors (Lipinski definition) is 5. The molecule has 0 saturated carbocycles. The number of hydrogen-bond donors (Lipinski definition) is 0. The minimum Gasteiger partial charge on any atom is -0.391 e. The maximum atomic E-state index is 12.2. The molecule has 0 aromatic rings. The zero-order valence-corrected chi connectivity index (χ0v) is 11.1. The van der Waals surface area contributed by atoms with E-state index in [-0.39, 0.29) is 18.6 Å². The average molecular weight is 254 g/mol. The van der Waals surface area contributed by atoms with E-state index < -0.39 is 5.97 Å². The second-order valence-corrected chi connectivity index (χ2v) is 5.01. The van der Waals surface area contributed by atoms with Crippen LogP contribution in [0.4, 0.5) is 0 Å². The quantitative estimate of drug-likeness (QED) is 0.553. The third kappa shape index (κ3) is 3.09. The van der Waals surface area contributed by atoms with Gasteiger partial charge in [-0.15, -0.1) is 0 Å². The summed E-state index contributed by atoms with van der Waals surface area (Å²) in [5.41, 5.74) is 0. The molecule has 2 rings (SSSR count). The molecule has 5 nitrogen and oxygen atoms in total. The first-order valence-electron chi connectivity index (χ1n) is 6.95. The van der Waals surface area contributed by atoms with Crippen LogP contribution in [0.2, 0.25) is 0 Å². The molecule has 0 spiro atoms. The van der Waals surface area contributed by atoms with Crippen LogP contribution >= 0.6 is 0 Å². The second-order valence-electron chi connectivity index (χ2n) is 5.01. The van der Waals surface area contributed by atoms with Crippen molar-refractivity contribution in [3.05, 3.63) is 0 Å². The number of carbonyl (C=O) groups is 2. The van der Waals surface area contributed by atoms with Gasteiger partial charge in [0.2, 0.25) is 0 Å². The molecule has 2 fully saturated rings. The monoisotopic (exact) mass is 254 g/mol. The summed E-state index contributed by atoms with van der Waals surface area (Å²) in [5, 5.41) is 0. The summed E-state index contributed by atoms with van der Waals surface area (Å²) >= 11 is 0. The van der Waals surface area contributed by atoms with Gasteiger partial charge in [-0.3, -0.25) is 14.6 Å². The molecule has 0 aromatic carbocycles. The van der Waals surface area contributed by atoms with Gasteiger partial charge >= 0.3 is 11.9 Å². The van der Waals surface area contributed by atoms with Crippen LogP contribution in [0.25, 0.3) is 0 Å². The third-order valence-corrected chi connectivity index (χ3v) is 3.69. The Morgan fingerprint density at radius 3 is 1.83 bits per heavy atom. The van der Waals surface area contributed by atoms with Gasteiger partial charge in [0.15, 0.2) is 6.17 Å². The smallest absolute Gasteiger partial charge is 0.346 e. The molecule has 0 aliphatic carbocycles. The summed E-state index contributed by atoms with van der Waals surface area (Å²) in [7, 11) is 0. The van der Waals surface area contributed by atoms with E-state index in [4.69, 9.17) is 4.74 Å². The van der Waals surface area contributed by atoms with Crippen LogP contribution in [0.1, 0.15) is 39.0 Å². The summed E-state index contributed by atoms with van der Waals surface area (Å²) in [6.07, 6.45) is 4.40. The minimum atomic E-state index is -0.427. The van der Waals surface area contributed by atoms with Gasteiger partial charge in [-0.25, -0.2) is 4.79 Å². The molecule has 2 heterocycles. The Bertz CT molecular complexity index is 291. The normalized spacial score (nSPS) is 21.7. The highest BCUT2D eigenvalue weighted by atomic mass is 16.6. The van der Waals surface area contributed by atoms with Crippen LogP contribution in [-0.2, 0) is 14.3 Å². The van der Waals surface area contributed by atoms with Gasteiger partial charge < -0.3 is 4.74 Å². The molecular formula is C13H22N2O3. The van der Waals surface area contributed by atoms with Crippen molar-refractivity contribution >= 4 is 11.9 Å². The summed E-state index contributed by atoms with van der Waals surface area (Å²) in [6.45, 7) is 5.41. The van der Waals surface area contributed by atoms with Crippen LogP contribution < -0.4 is 0 Å². The Hall–Kier alpha value is -0.940. The van der Waals surface area contributed by atoms with E-state index in [2.05, 4.69) is 9.80 Å². The fourth-order valence-electron chi connectivity index (χ4n) is 2.74. The van der Waals surface area contributed by atoms with Crippen molar-refractivity contribution in [1.29, 1.82) is 0 Å². The minimum absolute atomic E-state index is 0.248. The van der Waals surface area contributed by atoms with Crippen LogP contribution in [0.5, 0.6) is 0 Å². The Morgan fingerprint density at radius 1 is 1.00 bits per heavy atom. The molecule has 18 heavy (non-hydrogen) atoms. The highest BCUT2D eigenvalue weighted by molar-refractivity contribution is 5.88. The standard InChI is InChI=1S/C13H22N2O3/c1-2-11(16)18-13(17)12(14-7-3-4-8-14)15-9-5-6-10-15/h12H,2-10H2,1H3. The Labute approximate surface area is 108 Å². The lowest BCUT2D eigenvalue weighted by molar-refractivity contribution is -0.167. The topological polar surface area (TPSA) is 49.9 Å². The average Bonchev–Trinajstić information content (AvgIpc) is 3.02. The number of nitrogens with zero attached hydrogens (tertiary/aromatic N) is 2. The third-order valence-electron chi connectivity index (χ3n) is 3.69. The van der Waals surface area contributed by atoms with Crippen molar-refractivity contribution in [2.45, 2.75) is 45.2 Å². The van der Waals surface area contributed by atoms with Crippen molar-refractivity contribution in [1.82, 2.24) is 9.80 Å². The molecule has 0 amide bonds. The van der Waals surface area contributed by atoms with E-state index >= 15 is 0 Å². The predicted molar refractivity (Wildman–Crippen MR) is 66.8 cm³/mol. The van der Waals surface area contributed by atoms with Crippen molar-refractivity contribution in [3.63, 3.8) is 0 Å². The molecule has 0 radical (unpaired) electrons. The fraction of sp³-hybridized carbons (Fsp3) is 0.846. The fourth-order valence-corrected chi connectivity index (χ4v) is 2.74. The molecule has 0 aromatic heterocycles. The largest absolute Gasteiger partial charge is 0.391 e. The first-order chi connectivity index (χ1) is 8.72. The van der Waals surface area contributed by atoms with E-state index in [0.717, 1.165) is 51.9 Å². The Balaban J connectivity index is 2.02. The number of ether oxygens (including phenoxy) is 1. The van der Waals surface area contributed by atoms with Gasteiger partial charge in [0, 0.05) is 32.6 Å². The molecular weight excluding hydrogens is 232 g/mol. The van der Waals surface area contributed by atoms with Gasteiger partial charge in [0.05, 0.1) is 0 Å². The molecule has 0 N–H and O–H groups in total. The van der Waals surface area contributed by atoms with Crippen molar-refractivity contribution < 1.29 is 14.3 Å². The lowest BCUT2D eigenvalue weighted by atomic mass is 10.3. The maximum Gasteiger partial charge on any atom is 0.346 e. The van der Waals surface area contributed by atoms with Gasteiger partial charge in [0.25, 0.3) is 0 Å². The van der Waals surface area contributed by atoms with Gasteiger partial charge in [-0.05, 0) is 25.7 Å². The molecule has 2 aliphatic heterocycles. The molecule has 5 heteroatoms. The van der Waals surface area contributed by atoms with E-state index in [1.54, 1.807) is 6.92 Å². The summed E-state index contributed by atoms with van der Waals surface area (Å²) in [5.74, 6) is -0.811. The lowest BCUT2D eigenvalue weighted by Gasteiger charge is -2.32. The second kappa shape index (κ2) is 6.29. The molecule has 102 valence electrons.